The van der Waals surface area contributed by atoms with E-state index in [0.717, 1.165) is 37.6 Å². The number of aryl methyl sites for hydroxylation is 1. The summed E-state index contributed by atoms with van der Waals surface area (Å²) in [5, 5.41) is 7.75. The van der Waals surface area contributed by atoms with Crippen LogP contribution in [0.3, 0.4) is 0 Å². The fraction of sp³-hybridized carbons (Fsp3) is 0.438. The normalized spacial score (nSPS) is 10.8. The predicted molar refractivity (Wildman–Crippen MR) is 87.4 cm³/mol. The highest BCUT2D eigenvalue weighted by molar-refractivity contribution is 7.07. The van der Waals surface area contributed by atoms with E-state index in [1.54, 1.807) is 11.3 Å². The molecule has 0 bridgehead atoms. The molecule has 0 radical (unpaired) electrons. The Labute approximate surface area is 125 Å². The minimum Gasteiger partial charge on any atom is -0.355 e. The lowest BCUT2D eigenvalue weighted by Crippen LogP contribution is -2.19. The van der Waals surface area contributed by atoms with E-state index in [4.69, 9.17) is 0 Å². The largest absolute Gasteiger partial charge is 0.355 e. The van der Waals surface area contributed by atoms with Gasteiger partial charge in [0.15, 0.2) is 0 Å². The van der Waals surface area contributed by atoms with Crippen LogP contribution in [0.5, 0.6) is 0 Å². The average Bonchev–Trinajstić information content (AvgIpc) is 2.91. The molecule has 0 aliphatic carbocycles. The molecule has 0 fully saturated rings. The van der Waals surface area contributed by atoms with Gasteiger partial charge in [0.05, 0.1) is 0 Å². The summed E-state index contributed by atoms with van der Waals surface area (Å²) < 4.78 is 0. The molecule has 3 nitrogen and oxygen atoms in total. The Kier molecular flexibility index (Phi) is 5.56. The van der Waals surface area contributed by atoms with E-state index < -0.39 is 0 Å². The average molecular weight is 289 g/mol. The highest BCUT2D eigenvalue weighted by Crippen LogP contribution is 2.17. The maximum absolute atomic E-state index is 4.64. The van der Waals surface area contributed by atoms with Crippen LogP contribution in [0, 0.1) is 6.92 Å². The summed E-state index contributed by atoms with van der Waals surface area (Å²) in [6.45, 7) is 7.12. The van der Waals surface area contributed by atoms with Gasteiger partial charge in [-0.3, -0.25) is 0 Å². The summed E-state index contributed by atoms with van der Waals surface area (Å²) in [5.41, 5.74) is 3.72. The number of hydrogen-bond acceptors (Lipinski definition) is 4. The van der Waals surface area contributed by atoms with E-state index in [1.807, 2.05) is 0 Å². The molecule has 4 heteroatoms. The van der Waals surface area contributed by atoms with Crippen molar-refractivity contribution in [3.63, 3.8) is 0 Å². The lowest BCUT2D eigenvalue weighted by molar-refractivity contribution is 0.674. The lowest BCUT2D eigenvalue weighted by Gasteiger charge is -2.19. The predicted octanol–water partition coefficient (Wildman–Crippen LogP) is 3.59. The highest BCUT2D eigenvalue weighted by Gasteiger charge is 2.06. The van der Waals surface area contributed by atoms with Crippen LogP contribution in [0.1, 0.15) is 30.2 Å². The van der Waals surface area contributed by atoms with E-state index in [9.17, 15) is 0 Å². The van der Waals surface area contributed by atoms with Crippen molar-refractivity contribution in [2.24, 2.45) is 0 Å². The maximum atomic E-state index is 4.64. The first-order valence-corrected chi connectivity index (χ1v) is 8.04. The molecule has 0 saturated carbocycles. The van der Waals surface area contributed by atoms with Crippen molar-refractivity contribution in [2.45, 2.75) is 33.4 Å². The van der Waals surface area contributed by atoms with Crippen molar-refractivity contribution in [2.75, 3.05) is 18.5 Å². The molecule has 1 N–H and O–H groups in total. The molecule has 0 amide bonds. The second kappa shape index (κ2) is 7.41. The van der Waals surface area contributed by atoms with Crippen LogP contribution in [-0.4, -0.2) is 18.6 Å². The molecule has 0 atom stereocenters. The molecule has 0 aliphatic rings. The second-order valence-corrected chi connectivity index (χ2v) is 5.92. The zero-order valence-electron chi connectivity index (χ0n) is 12.5. The van der Waals surface area contributed by atoms with Crippen LogP contribution in [0.15, 0.2) is 29.0 Å². The molecule has 2 heterocycles. The number of hydrogen-bond donors (Lipinski definition) is 1. The van der Waals surface area contributed by atoms with E-state index in [1.165, 1.54) is 11.1 Å². The van der Waals surface area contributed by atoms with Gasteiger partial charge in [-0.15, -0.1) is 0 Å². The fourth-order valence-electron chi connectivity index (χ4n) is 2.17. The van der Waals surface area contributed by atoms with Gasteiger partial charge in [0, 0.05) is 25.8 Å². The van der Waals surface area contributed by atoms with Gasteiger partial charge in [0.2, 0.25) is 0 Å². The van der Waals surface area contributed by atoms with Gasteiger partial charge in [-0.2, -0.15) is 11.3 Å². The van der Waals surface area contributed by atoms with Gasteiger partial charge in [0.25, 0.3) is 0 Å². The van der Waals surface area contributed by atoms with Gasteiger partial charge in [0.1, 0.15) is 5.82 Å². The van der Waals surface area contributed by atoms with Crippen LogP contribution < -0.4 is 10.2 Å². The third-order valence-corrected chi connectivity index (χ3v) is 3.88. The topological polar surface area (TPSA) is 28.2 Å². The van der Waals surface area contributed by atoms with Gasteiger partial charge >= 0.3 is 0 Å². The van der Waals surface area contributed by atoms with Crippen LogP contribution >= 0.6 is 11.3 Å². The van der Waals surface area contributed by atoms with Crippen LogP contribution in [0.2, 0.25) is 0 Å². The first-order chi connectivity index (χ1) is 9.69. The van der Waals surface area contributed by atoms with E-state index in [-0.39, 0.29) is 0 Å². The minimum absolute atomic E-state index is 0.905. The Balaban J connectivity index is 2.06. The SMILES string of the molecule is CCCNCc1cc(C)nc(N(C)Cc2ccsc2)c1. The van der Waals surface area contributed by atoms with Crippen LogP contribution in [-0.2, 0) is 13.1 Å². The fourth-order valence-corrected chi connectivity index (χ4v) is 2.83. The molecule has 2 aromatic heterocycles. The van der Waals surface area contributed by atoms with Crippen molar-refractivity contribution in [3.05, 3.63) is 45.8 Å². The van der Waals surface area contributed by atoms with Crippen molar-refractivity contribution < 1.29 is 0 Å². The Morgan fingerprint density at radius 3 is 2.85 bits per heavy atom. The zero-order chi connectivity index (χ0) is 14.4. The molecule has 108 valence electrons. The Hall–Kier alpha value is -1.39. The number of nitrogens with zero attached hydrogens (tertiary/aromatic N) is 2. The number of aromatic nitrogens is 1. The quantitative estimate of drug-likeness (QED) is 0.790. The van der Waals surface area contributed by atoms with Crippen molar-refractivity contribution in [1.82, 2.24) is 10.3 Å². The molecule has 2 rings (SSSR count). The monoisotopic (exact) mass is 289 g/mol. The third kappa shape index (κ3) is 4.32. The summed E-state index contributed by atoms with van der Waals surface area (Å²) in [4.78, 5) is 6.85. The molecule has 0 unspecified atom stereocenters. The summed E-state index contributed by atoms with van der Waals surface area (Å²) in [6, 6.07) is 6.51. The molecule has 0 spiro atoms. The van der Waals surface area contributed by atoms with Crippen molar-refractivity contribution in [1.29, 1.82) is 0 Å². The summed E-state index contributed by atoms with van der Waals surface area (Å²) >= 11 is 1.74. The Bertz CT molecular complexity index is 523. The van der Waals surface area contributed by atoms with E-state index >= 15 is 0 Å². The van der Waals surface area contributed by atoms with Crippen LogP contribution in [0.25, 0.3) is 0 Å². The molecule has 0 saturated heterocycles. The number of rotatable bonds is 7. The van der Waals surface area contributed by atoms with Crippen molar-refractivity contribution >= 4 is 17.2 Å². The third-order valence-electron chi connectivity index (χ3n) is 3.15. The number of pyridine rings is 1. The minimum atomic E-state index is 0.905. The van der Waals surface area contributed by atoms with Gasteiger partial charge in [-0.05, 0) is 60.0 Å². The smallest absolute Gasteiger partial charge is 0.129 e. The molecule has 0 aromatic carbocycles. The van der Waals surface area contributed by atoms with Gasteiger partial charge in [-0.1, -0.05) is 6.92 Å². The Morgan fingerprint density at radius 2 is 2.15 bits per heavy atom. The molecule has 2 aromatic rings. The second-order valence-electron chi connectivity index (χ2n) is 5.14. The molecule has 20 heavy (non-hydrogen) atoms. The first-order valence-electron chi connectivity index (χ1n) is 7.09. The van der Waals surface area contributed by atoms with Gasteiger partial charge in [-0.25, -0.2) is 4.98 Å². The number of thiophene rings is 1. The van der Waals surface area contributed by atoms with Gasteiger partial charge < -0.3 is 10.2 Å². The first kappa shape index (κ1) is 15.0. The summed E-state index contributed by atoms with van der Waals surface area (Å²) in [7, 11) is 2.10. The number of anilines is 1. The number of nitrogens with one attached hydrogen (secondary N) is 1. The highest BCUT2D eigenvalue weighted by atomic mass is 32.1. The van der Waals surface area contributed by atoms with Crippen molar-refractivity contribution in [3.8, 4) is 0 Å². The molecular weight excluding hydrogens is 266 g/mol. The van der Waals surface area contributed by atoms with Crippen LogP contribution in [0.4, 0.5) is 5.82 Å². The lowest BCUT2D eigenvalue weighted by atomic mass is 10.2. The van der Waals surface area contributed by atoms with E-state index in [2.05, 4.69) is 65.1 Å². The van der Waals surface area contributed by atoms with E-state index in [0.29, 0.717) is 0 Å². The zero-order valence-corrected chi connectivity index (χ0v) is 13.3. The maximum Gasteiger partial charge on any atom is 0.129 e. The summed E-state index contributed by atoms with van der Waals surface area (Å²) in [5.74, 6) is 1.05. The molecule has 0 aliphatic heterocycles. The Morgan fingerprint density at radius 1 is 1.30 bits per heavy atom. The molecular formula is C16H23N3S. The summed E-state index contributed by atoms with van der Waals surface area (Å²) in [6.07, 6.45) is 1.16. The standard InChI is InChI=1S/C16H23N3S/c1-4-6-17-10-15-8-13(2)18-16(9-15)19(3)11-14-5-7-20-12-14/h5,7-9,12,17H,4,6,10-11H2,1-3H3.